The number of hydrogen-bond acceptors (Lipinski definition) is 7. The minimum atomic E-state index is -1.06. The van der Waals surface area contributed by atoms with Crippen molar-refractivity contribution in [3.8, 4) is 17.1 Å². The topological polar surface area (TPSA) is 124 Å². The lowest BCUT2D eigenvalue weighted by Gasteiger charge is -2.29. The smallest absolute Gasteiger partial charge is 0.300 e. The van der Waals surface area contributed by atoms with Crippen molar-refractivity contribution in [3.05, 3.63) is 107 Å². The SMILES string of the molecule is CC(=O)O.COc1cc(C2(c3cccc(-c4cnccn4)c3)N=C(N)c3c(F)cccc32)ccn1. The number of halogens is 1. The van der Waals surface area contributed by atoms with Gasteiger partial charge in [-0.05, 0) is 29.3 Å². The summed E-state index contributed by atoms with van der Waals surface area (Å²) in [4.78, 5) is 26.6. The molecule has 1 unspecified atom stereocenters. The number of carbonyl (C=O) groups is 1. The van der Waals surface area contributed by atoms with Gasteiger partial charge in [-0.3, -0.25) is 14.8 Å². The van der Waals surface area contributed by atoms with Gasteiger partial charge in [0.25, 0.3) is 5.97 Å². The van der Waals surface area contributed by atoms with Gasteiger partial charge in [0.15, 0.2) is 0 Å². The van der Waals surface area contributed by atoms with Crippen molar-refractivity contribution in [2.45, 2.75) is 12.5 Å². The lowest BCUT2D eigenvalue weighted by Crippen LogP contribution is -2.25. The number of amidine groups is 1. The van der Waals surface area contributed by atoms with Crippen LogP contribution in [0.4, 0.5) is 4.39 Å². The summed E-state index contributed by atoms with van der Waals surface area (Å²) in [6.07, 6.45) is 6.60. The van der Waals surface area contributed by atoms with Crippen LogP contribution in [0, 0.1) is 5.82 Å². The number of nitrogens with zero attached hydrogens (tertiary/aromatic N) is 4. The fourth-order valence-electron chi connectivity index (χ4n) is 4.09. The lowest BCUT2D eigenvalue weighted by atomic mass is 9.77. The van der Waals surface area contributed by atoms with Gasteiger partial charge < -0.3 is 15.6 Å². The molecule has 0 fully saturated rings. The number of pyridine rings is 1. The minimum absolute atomic E-state index is 0.147. The van der Waals surface area contributed by atoms with Gasteiger partial charge in [0, 0.05) is 42.7 Å². The van der Waals surface area contributed by atoms with Crippen LogP contribution in [-0.4, -0.2) is 39.0 Å². The van der Waals surface area contributed by atoms with Crippen molar-refractivity contribution in [2.24, 2.45) is 10.7 Å². The summed E-state index contributed by atoms with van der Waals surface area (Å²) in [5.41, 5.74) is 9.34. The second kappa shape index (κ2) is 9.68. The first kappa shape index (κ1) is 23.5. The first-order chi connectivity index (χ1) is 16.9. The van der Waals surface area contributed by atoms with E-state index in [-0.39, 0.29) is 5.84 Å². The maximum Gasteiger partial charge on any atom is 0.300 e. The molecule has 1 aliphatic heterocycles. The highest BCUT2D eigenvalue weighted by atomic mass is 19.1. The molecule has 3 N–H and O–H groups in total. The summed E-state index contributed by atoms with van der Waals surface area (Å²) in [5, 5.41) is 7.42. The van der Waals surface area contributed by atoms with Crippen LogP contribution >= 0.6 is 0 Å². The van der Waals surface area contributed by atoms with Crippen LogP contribution in [0.1, 0.15) is 29.2 Å². The van der Waals surface area contributed by atoms with E-state index in [0.717, 1.165) is 29.3 Å². The average molecular weight is 471 g/mol. The number of ether oxygens (including phenoxy) is 1. The number of aromatic nitrogens is 3. The van der Waals surface area contributed by atoms with Gasteiger partial charge >= 0.3 is 0 Å². The number of aliphatic imine (C=N–C) groups is 1. The van der Waals surface area contributed by atoms with Crippen molar-refractivity contribution < 1.29 is 19.0 Å². The summed E-state index contributed by atoms with van der Waals surface area (Å²) in [7, 11) is 1.55. The summed E-state index contributed by atoms with van der Waals surface area (Å²) in [5.74, 6) is -0.666. The van der Waals surface area contributed by atoms with E-state index in [4.69, 9.17) is 25.4 Å². The van der Waals surface area contributed by atoms with Crippen LogP contribution in [0.5, 0.6) is 5.88 Å². The Bertz CT molecular complexity index is 1410. The van der Waals surface area contributed by atoms with E-state index in [2.05, 4.69) is 15.0 Å². The molecule has 0 bridgehead atoms. The van der Waals surface area contributed by atoms with Crippen molar-refractivity contribution in [1.82, 2.24) is 15.0 Å². The summed E-state index contributed by atoms with van der Waals surface area (Å²) < 4.78 is 20.1. The highest BCUT2D eigenvalue weighted by molar-refractivity contribution is 6.03. The van der Waals surface area contributed by atoms with Gasteiger partial charge in [0.2, 0.25) is 5.88 Å². The van der Waals surface area contributed by atoms with E-state index in [0.29, 0.717) is 17.0 Å². The Morgan fingerprint density at radius 3 is 2.49 bits per heavy atom. The normalized spacial score (nSPS) is 15.9. The highest BCUT2D eigenvalue weighted by Crippen LogP contribution is 2.47. The first-order valence-electron chi connectivity index (χ1n) is 10.6. The van der Waals surface area contributed by atoms with E-state index in [9.17, 15) is 4.39 Å². The number of rotatable bonds is 4. The van der Waals surface area contributed by atoms with E-state index in [1.807, 2.05) is 36.4 Å². The second-order valence-corrected chi connectivity index (χ2v) is 7.65. The number of methoxy groups -OCH3 is 1. The Morgan fingerprint density at radius 2 is 1.77 bits per heavy atom. The number of carboxylic acid groups (broad SMARTS) is 1. The molecule has 0 radical (unpaired) electrons. The molecule has 1 atom stereocenters. The zero-order valence-corrected chi connectivity index (χ0v) is 19.0. The second-order valence-electron chi connectivity index (χ2n) is 7.65. The fraction of sp³-hybridized carbons (Fsp3) is 0.115. The predicted molar refractivity (Wildman–Crippen MR) is 129 cm³/mol. The molecular formula is C26H22FN5O3. The van der Waals surface area contributed by atoms with Gasteiger partial charge in [0.05, 0.1) is 24.6 Å². The molecule has 9 heteroatoms. The van der Waals surface area contributed by atoms with Gasteiger partial charge in [0.1, 0.15) is 17.2 Å². The number of carboxylic acids is 1. The van der Waals surface area contributed by atoms with E-state index >= 15 is 0 Å². The number of hydrogen-bond donors (Lipinski definition) is 2. The Morgan fingerprint density at radius 1 is 1.03 bits per heavy atom. The Labute approximate surface area is 201 Å². The fourth-order valence-corrected chi connectivity index (χ4v) is 4.09. The first-order valence-corrected chi connectivity index (χ1v) is 10.6. The van der Waals surface area contributed by atoms with Crippen LogP contribution in [0.2, 0.25) is 0 Å². The Hall–Kier alpha value is -4.66. The largest absolute Gasteiger partial charge is 0.481 e. The standard InChI is InChI=1S/C24H18FN5O.C2H4O2/c1-31-21-13-17(8-9-29-21)24(18-6-3-7-19(25)22(18)23(26)30-24)16-5-2-4-15(12-16)20-14-27-10-11-28-20;1-2(3)4/h2-14H,1H3,(H2,26,30);1H3,(H,3,4). The molecule has 3 heterocycles. The molecule has 0 amide bonds. The molecule has 176 valence electrons. The summed E-state index contributed by atoms with van der Waals surface area (Å²) >= 11 is 0. The minimum Gasteiger partial charge on any atom is -0.481 e. The monoisotopic (exact) mass is 471 g/mol. The zero-order valence-electron chi connectivity index (χ0n) is 19.0. The molecule has 4 aromatic rings. The Kier molecular flexibility index (Phi) is 6.50. The molecule has 2 aromatic carbocycles. The molecule has 0 saturated heterocycles. The van der Waals surface area contributed by atoms with Crippen LogP contribution < -0.4 is 10.5 Å². The quantitative estimate of drug-likeness (QED) is 0.464. The third-order valence-electron chi connectivity index (χ3n) is 5.45. The van der Waals surface area contributed by atoms with Gasteiger partial charge in [-0.2, -0.15) is 0 Å². The lowest BCUT2D eigenvalue weighted by molar-refractivity contribution is -0.134. The van der Waals surface area contributed by atoms with E-state index in [1.165, 1.54) is 6.07 Å². The van der Waals surface area contributed by atoms with Crippen LogP contribution in [0.15, 0.2) is 84.4 Å². The molecule has 8 nitrogen and oxygen atoms in total. The number of fused-ring (bicyclic) bond motifs is 1. The van der Waals surface area contributed by atoms with Crippen molar-refractivity contribution in [3.63, 3.8) is 0 Å². The molecule has 0 saturated carbocycles. The molecule has 2 aromatic heterocycles. The van der Waals surface area contributed by atoms with E-state index < -0.39 is 17.3 Å². The Balaban J connectivity index is 0.000000672. The van der Waals surface area contributed by atoms with Crippen LogP contribution in [0.3, 0.4) is 0 Å². The van der Waals surface area contributed by atoms with Crippen LogP contribution in [-0.2, 0) is 10.3 Å². The third kappa shape index (κ3) is 4.43. The molecule has 0 aliphatic carbocycles. The molecule has 5 rings (SSSR count). The summed E-state index contributed by atoms with van der Waals surface area (Å²) in [6, 6.07) is 16.3. The number of aliphatic carboxylic acids is 1. The molecule has 1 aliphatic rings. The number of nitrogens with two attached hydrogens (primary N) is 1. The maximum atomic E-state index is 14.8. The zero-order chi connectivity index (χ0) is 25.0. The third-order valence-corrected chi connectivity index (χ3v) is 5.45. The van der Waals surface area contributed by atoms with Gasteiger partial charge in [-0.1, -0.05) is 30.3 Å². The summed E-state index contributed by atoms with van der Waals surface area (Å²) in [6.45, 7) is 1.08. The van der Waals surface area contributed by atoms with Gasteiger partial charge in [-0.15, -0.1) is 0 Å². The maximum absolute atomic E-state index is 14.8. The van der Waals surface area contributed by atoms with Gasteiger partial charge in [-0.25, -0.2) is 14.4 Å². The average Bonchev–Trinajstić information content (AvgIpc) is 3.19. The highest BCUT2D eigenvalue weighted by Gasteiger charge is 2.44. The molecular weight excluding hydrogens is 449 g/mol. The van der Waals surface area contributed by atoms with E-state index in [1.54, 1.807) is 44.0 Å². The van der Waals surface area contributed by atoms with Crippen LogP contribution in [0.25, 0.3) is 11.3 Å². The molecule has 35 heavy (non-hydrogen) atoms. The number of benzene rings is 2. The predicted octanol–water partition coefficient (Wildman–Crippen LogP) is 3.79. The van der Waals surface area contributed by atoms with Crippen molar-refractivity contribution in [2.75, 3.05) is 7.11 Å². The van der Waals surface area contributed by atoms with Crippen molar-refractivity contribution >= 4 is 11.8 Å². The van der Waals surface area contributed by atoms with Crippen molar-refractivity contribution in [1.29, 1.82) is 0 Å². The molecule has 0 spiro atoms.